The van der Waals surface area contributed by atoms with Gasteiger partial charge in [-0.1, -0.05) is 6.07 Å². The smallest absolute Gasteiger partial charge is 0.119 e. The second-order valence-corrected chi connectivity index (χ2v) is 5.34. The molecule has 2 aromatic rings. The summed E-state index contributed by atoms with van der Waals surface area (Å²) in [6.07, 6.45) is 5.41. The zero-order chi connectivity index (χ0) is 13.9. The predicted molar refractivity (Wildman–Crippen MR) is 78.7 cm³/mol. The number of nitrogens with zero attached hydrogens (tertiary/aromatic N) is 2. The molecule has 0 bridgehead atoms. The molecule has 0 fully saturated rings. The van der Waals surface area contributed by atoms with Crippen molar-refractivity contribution < 1.29 is 4.74 Å². The Hall–Kier alpha value is -1.81. The fourth-order valence-electron chi connectivity index (χ4n) is 2.93. The van der Waals surface area contributed by atoms with E-state index >= 15 is 0 Å². The number of benzene rings is 1. The summed E-state index contributed by atoms with van der Waals surface area (Å²) >= 11 is 0. The molecule has 1 aliphatic rings. The first kappa shape index (κ1) is 13.2. The lowest BCUT2D eigenvalue weighted by molar-refractivity contribution is 0.410. The van der Waals surface area contributed by atoms with Crippen molar-refractivity contribution in [3.8, 4) is 5.75 Å². The second-order valence-electron chi connectivity index (χ2n) is 5.34. The van der Waals surface area contributed by atoms with Crippen LogP contribution in [0.5, 0.6) is 5.75 Å². The summed E-state index contributed by atoms with van der Waals surface area (Å²) in [6, 6.07) is 8.93. The molecule has 20 heavy (non-hydrogen) atoms. The Kier molecular flexibility index (Phi) is 3.74. The van der Waals surface area contributed by atoms with E-state index in [1.54, 1.807) is 7.11 Å². The van der Waals surface area contributed by atoms with Gasteiger partial charge in [-0.15, -0.1) is 0 Å². The molecule has 1 aromatic carbocycles. The van der Waals surface area contributed by atoms with Crippen LogP contribution in [0.2, 0.25) is 0 Å². The van der Waals surface area contributed by atoms with E-state index in [0.29, 0.717) is 6.04 Å². The Morgan fingerprint density at radius 1 is 1.40 bits per heavy atom. The molecule has 0 spiro atoms. The van der Waals surface area contributed by atoms with Crippen molar-refractivity contribution in [3.05, 3.63) is 47.3 Å². The van der Waals surface area contributed by atoms with Crippen molar-refractivity contribution in [1.29, 1.82) is 0 Å². The van der Waals surface area contributed by atoms with E-state index in [0.717, 1.165) is 18.7 Å². The van der Waals surface area contributed by atoms with Gasteiger partial charge in [0.15, 0.2) is 0 Å². The summed E-state index contributed by atoms with van der Waals surface area (Å²) in [7, 11) is 3.71. The van der Waals surface area contributed by atoms with Crippen molar-refractivity contribution in [1.82, 2.24) is 15.1 Å². The lowest BCUT2D eigenvalue weighted by atomic mass is 9.87. The number of rotatable bonds is 4. The molecule has 0 amide bonds. The number of methoxy groups -OCH3 is 1. The normalized spacial score (nSPS) is 17.8. The SMILES string of the molecule is COc1ccc2c(c1)CCCC2NCc1ccnn1C. The lowest BCUT2D eigenvalue weighted by Gasteiger charge is -2.27. The van der Waals surface area contributed by atoms with Crippen molar-refractivity contribution in [2.45, 2.75) is 31.8 Å². The molecule has 1 atom stereocenters. The molecular formula is C16H21N3O. The highest BCUT2D eigenvalue weighted by Gasteiger charge is 2.20. The zero-order valence-corrected chi connectivity index (χ0v) is 12.1. The molecular weight excluding hydrogens is 250 g/mol. The molecule has 0 saturated carbocycles. The molecule has 3 rings (SSSR count). The van der Waals surface area contributed by atoms with E-state index in [1.807, 2.05) is 17.9 Å². The highest BCUT2D eigenvalue weighted by atomic mass is 16.5. The minimum absolute atomic E-state index is 0.430. The molecule has 4 nitrogen and oxygen atoms in total. The van der Waals surface area contributed by atoms with Gasteiger partial charge < -0.3 is 10.1 Å². The summed E-state index contributed by atoms with van der Waals surface area (Å²) in [5.41, 5.74) is 4.04. The van der Waals surface area contributed by atoms with Crippen molar-refractivity contribution in [2.24, 2.45) is 7.05 Å². The number of hydrogen-bond donors (Lipinski definition) is 1. The number of nitrogens with one attached hydrogen (secondary N) is 1. The van der Waals surface area contributed by atoms with Crippen LogP contribution in [0.15, 0.2) is 30.5 Å². The Bertz CT molecular complexity index is 591. The fourth-order valence-corrected chi connectivity index (χ4v) is 2.93. The van der Waals surface area contributed by atoms with Crippen LogP contribution in [0.25, 0.3) is 0 Å². The lowest BCUT2D eigenvalue weighted by Crippen LogP contribution is -2.25. The average Bonchev–Trinajstić information content (AvgIpc) is 2.89. The van der Waals surface area contributed by atoms with Gasteiger partial charge in [0.05, 0.1) is 12.8 Å². The van der Waals surface area contributed by atoms with Crippen molar-refractivity contribution in [2.75, 3.05) is 7.11 Å². The summed E-state index contributed by atoms with van der Waals surface area (Å²) in [5, 5.41) is 7.86. The number of fused-ring (bicyclic) bond motifs is 1. The van der Waals surface area contributed by atoms with Crippen LogP contribution < -0.4 is 10.1 Å². The van der Waals surface area contributed by atoms with Crippen molar-refractivity contribution >= 4 is 0 Å². The van der Waals surface area contributed by atoms with Crippen LogP contribution in [-0.4, -0.2) is 16.9 Å². The van der Waals surface area contributed by atoms with Gasteiger partial charge in [-0.05, 0) is 48.6 Å². The number of ether oxygens (including phenoxy) is 1. The quantitative estimate of drug-likeness (QED) is 0.929. The highest BCUT2D eigenvalue weighted by Crippen LogP contribution is 2.32. The summed E-state index contributed by atoms with van der Waals surface area (Å²) in [6.45, 7) is 0.854. The third kappa shape index (κ3) is 2.56. The van der Waals surface area contributed by atoms with Gasteiger partial charge >= 0.3 is 0 Å². The Labute approximate surface area is 119 Å². The van der Waals surface area contributed by atoms with E-state index in [9.17, 15) is 0 Å². The predicted octanol–water partition coefficient (Wildman–Crippen LogP) is 2.60. The molecule has 1 aromatic heterocycles. The molecule has 1 N–H and O–H groups in total. The first-order chi connectivity index (χ1) is 9.78. The molecule has 0 saturated heterocycles. The van der Waals surface area contributed by atoms with Crippen LogP contribution in [-0.2, 0) is 20.0 Å². The van der Waals surface area contributed by atoms with Crippen LogP contribution in [0.3, 0.4) is 0 Å². The monoisotopic (exact) mass is 271 g/mol. The molecule has 106 valence electrons. The third-order valence-electron chi connectivity index (χ3n) is 4.12. The number of aryl methyl sites for hydroxylation is 2. The second kappa shape index (κ2) is 5.67. The summed E-state index contributed by atoms with van der Waals surface area (Å²) < 4.78 is 7.24. The third-order valence-corrected chi connectivity index (χ3v) is 4.12. The maximum absolute atomic E-state index is 5.32. The molecule has 0 aliphatic heterocycles. The number of hydrogen-bond acceptors (Lipinski definition) is 3. The van der Waals surface area contributed by atoms with Crippen LogP contribution >= 0.6 is 0 Å². The largest absolute Gasteiger partial charge is 0.497 e. The molecule has 1 aliphatic carbocycles. The Balaban J connectivity index is 1.75. The van der Waals surface area contributed by atoms with Gasteiger partial charge in [-0.25, -0.2) is 0 Å². The van der Waals surface area contributed by atoms with E-state index in [4.69, 9.17) is 4.74 Å². The number of aromatic nitrogens is 2. The maximum atomic E-state index is 5.32. The molecule has 4 heteroatoms. The molecule has 1 heterocycles. The zero-order valence-electron chi connectivity index (χ0n) is 12.1. The molecule has 0 radical (unpaired) electrons. The van der Waals surface area contributed by atoms with E-state index in [1.165, 1.54) is 29.7 Å². The topological polar surface area (TPSA) is 39.1 Å². The van der Waals surface area contributed by atoms with Crippen LogP contribution in [0, 0.1) is 0 Å². The van der Waals surface area contributed by atoms with Gasteiger partial charge in [0.25, 0.3) is 0 Å². The van der Waals surface area contributed by atoms with Gasteiger partial charge in [-0.2, -0.15) is 5.10 Å². The minimum Gasteiger partial charge on any atom is -0.497 e. The van der Waals surface area contributed by atoms with Crippen LogP contribution in [0.4, 0.5) is 0 Å². The molecule has 1 unspecified atom stereocenters. The average molecular weight is 271 g/mol. The van der Waals surface area contributed by atoms with E-state index in [2.05, 4.69) is 34.7 Å². The Morgan fingerprint density at radius 3 is 3.05 bits per heavy atom. The highest BCUT2D eigenvalue weighted by molar-refractivity contribution is 5.39. The maximum Gasteiger partial charge on any atom is 0.119 e. The minimum atomic E-state index is 0.430. The summed E-state index contributed by atoms with van der Waals surface area (Å²) in [5.74, 6) is 0.955. The van der Waals surface area contributed by atoms with E-state index in [-0.39, 0.29) is 0 Å². The standard InChI is InChI=1S/C16H21N3O/c1-19-13(8-9-18-19)11-17-16-5-3-4-12-10-14(20-2)6-7-15(12)16/h6-10,16-17H,3-5,11H2,1-2H3. The summed E-state index contributed by atoms with van der Waals surface area (Å²) in [4.78, 5) is 0. The van der Waals surface area contributed by atoms with Crippen LogP contribution in [0.1, 0.15) is 35.7 Å². The van der Waals surface area contributed by atoms with E-state index < -0.39 is 0 Å². The Morgan fingerprint density at radius 2 is 2.30 bits per heavy atom. The van der Waals surface area contributed by atoms with Gasteiger partial charge in [0.2, 0.25) is 0 Å². The van der Waals surface area contributed by atoms with Gasteiger partial charge in [-0.3, -0.25) is 4.68 Å². The van der Waals surface area contributed by atoms with Gasteiger partial charge in [0, 0.05) is 25.8 Å². The first-order valence-corrected chi connectivity index (χ1v) is 7.15. The van der Waals surface area contributed by atoms with Gasteiger partial charge in [0.1, 0.15) is 5.75 Å². The first-order valence-electron chi connectivity index (χ1n) is 7.15. The fraction of sp³-hybridized carbons (Fsp3) is 0.438. The van der Waals surface area contributed by atoms with Crippen molar-refractivity contribution in [3.63, 3.8) is 0 Å².